The predicted octanol–water partition coefficient (Wildman–Crippen LogP) is 5.31. The zero-order valence-electron chi connectivity index (χ0n) is 22.9. The molecule has 1 aromatic carbocycles. The molecule has 3 atom stereocenters. The first kappa shape index (κ1) is 27.7. The summed E-state index contributed by atoms with van der Waals surface area (Å²) < 4.78 is 41.6. The standard InChI is InChI=1S/C28H30F3N9O2/c1-15(18-6-5-7-18)33-22-21-23(36-24(35-22)25-38-27(41)42-39-25)37-26(34-16(2)20-8-3-4-13-32-20)40(21)14-17-9-11-19(12-10-17)28(29,30)31/h3-4,8-13,15-16,18,25,39H,5-7,14H2,1-2H3,(H,38,41)(H2,33,34,35,36,37)/t15-,16?,25?/m1/s1. The summed E-state index contributed by atoms with van der Waals surface area (Å²) in [4.78, 5) is 35.2. The number of amides is 1. The SMILES string of the molecule is CC(Nc1nc2nc(C3NOC(=O)N3)nc(N[C@H](C)C3CCC3)c2n1Cc1ccc(C(F)(F)F)cc1)c1ccccn1. The largest absolute Gasteiger partial charge is 0.427 e. The van der Waals surface area contributed by atoms with Gasteiger partial charge in [-0.15, -0.1) is 5.48 Å². The van der Waals surface area contributed by atoms with Gasteiger partial charge in [0.05, 0.1) is 23.8 Å². The quantitative estimate of drug-likeness (QED) is 0.208. The van der Waals surface area contributed by atoms with Crippen LogP contribution in [-0.4, -0.2) is 36.6 Å². The summed E-state index contributed by atoms with van der Waals surface area (Å²) in [5, 5.41) is 9.55. The van der Waals surface area contributed by atoms with E-state index in [1.54, 1.807) is 6.20 Å². The van der Waals surface area contributed by atoms with Gasteiger partial charge in [0.25, 0.3) is 0 Å². The molecule has 1 saturated carbocycles. The molecule has 3 aromatic heterocycles. The predicted molar refractivity (Wildman–Crippen MR) is 148 cm³/mol. The molecule has 220 valence electrons. The van der Waals surface area contributed by atoms with Crippen LogP contribution in [0.3, 0.4) is 0 Å². The van der Waals surface area contributed by atoms with Crippen LogP contribution in [0, 0.1) is 5.92 Å². The Hall–Kier alpha value is -4.46. The van der Waals surface area contributed by atoms with E-state index in [9.17, 15) is 18.0 Å². The normalized spacial score (nSPS) is 18.7. The lowest BCUT2D eigenvalue weighted by molar-refractivity contribution is -0.137. The first-order chi connectivity index (χ1) is 20.2. The number of nitrogens with zero attached hydrogens (tertiary/aromatic N) is 5. The number of fused-ring (bicyclic) bond motifs is 1. The van der Waals surface area contributed by atoms with Crippen molar-refractivity contribution >= 4 is 29.0 Å². The number of imidazole rings is 1. The second-order valence-electron chi connectivity index (χ2n) is 10.6. The van der Waals surface area contributed by atoms with Crippen molar-refractivity contribution < 1.29 is 22.8 Å². The minimum absolute atomic E-state index is 0.0883. The molecule has 11 nitrogen and oxygen atoms in total. The van der Waals surface area contributed by atoms with Gasteiger partial charge in [-0.3, -0.25) is 10.3 Å². The molecule has 4 heterocycles. The summed E-state index contributed by atoms with van der Waals surface area (Å²) in [7, 11) is 0. The maximum absolute atomic E-state index is 13.2. The van der Waals surface area contributed by atoms with E-state index in [2.05, 4.69) is 38.3 Å². The van der Waals surface area contributed by atoms with Gasteiger partial charge in [-0.2, -0.15) is 18.2 Å². The highest BCUT2D eigenvalue weighted by atomic mass is 19.4. The molecule has 14 heteroatoms. The van der Waals surface area contributed by atoms with Crippen LogP contribution in [0.15, 0.2) is 48.7 Å². The van der Waals surface area contributed by atoms with Crippen LogP contribution < -0.4 is 21.4 Å². The Morgan fingerprint density at radius 2 is 1.86 bits per heavy atom. The zero-order chi connectivity index (χ0) is 29.4. The lowest BCUT2D eigenvalue weighted by Gasteiger charge is -2.32. The van der Waals surface area contributed by atoms with Crippen molar-refractivity contribution in [2.45, 2.75) is 64.1 Å². The minimum Gasteiger partial charge on any atom is -0.365 e. The lowest BCUT2D eigenvalue weighted by Crippen LogP contribution is -2.32. The molecule has 4 aromatic rings. The van der Waals surface area contributed by atoms with E-state index in [0.717, 1.165) is 30.7 Å². The van der Waals surface area contributed by atoms with Gasteiger partial charge in [0.2, 0.25) is 5.95 Å². The number of rotatable bonds is 9. The van der Waals surface area contributed by atoms with Crippen molar-refractivity contribution in [1.82, 2.24) is 35.3 Å². The van der Waals surface area contributed by atoms with Gasteiger partial charge in [0.1, 0.15) is 5.52 Å². The third-order valence-electron chi connectivity index (χ3n) is 7.73. The van der Waals surface area contributed by atoms with E-state index < -0.39 is 24.0 Å². The number of benzene rings is 1. The van der Waals surface area contributed by atoms with Crippen molar-refractivity contribution in [3.8, 4) is 0 Å². The van der Waals surface area contributed by atoms with Gasteiger partial charge in [0, 0.05) is 12.2 Å². The number of pyridine rings is 1. The maximum atomic E-state index is 13.2. The molecule has 1 aliphatic heterocycles. The number of hydrogen-bond acceptors (Lipinski definition) is 9. The minimum atomic E-state index is -4.43. The first-order valence-electron chi connectivity index (χ1n) is 13.8. The Bertz CT molecular complexity index is 1570. The molecule has 6 rings (SSSR count). The Morgan fingerprint density at radius 3 is 2.48 bits per heavy atom. The van der Waals surface area contributed by atoms with E-state index in [0.29, 0.717) is 34.4 Å². The van der Waals surface area contributed by atoms with Crippen molar-refractivity contribution in [2.75, 3.05) is 10.6 Å². The van der Waals surface area contributed by atoms with Crippen LogP contribution in [0.2, 0.25) is 0 Å². The lowest BCUT2D eigenvalue weighted by atomic mass is 9.80. The summed E-state index contributed by atoms with van der Waals surface area (Å²) >= 11 is 0. The fourth-order valence-electron chi connectivity index (χ4n) is 5.11. The monoisotopic (exact) mass is 581 g/mol. The summed E-state index contributed by atoms with van der Waals surface area (Å²) in [6.07, 6.45) is -0.805. The van der Waals surface area contributed by atoms with Crippen LogP contribution in [0.1, 0.15) is 68.0 Å². The highest BCUT2D eigenvalue weighted by Crippen LogP contribution is 2.34. The number of carbonyl (C=O) groups excluding carboxylic acids is 1. The molecule has 2 unspecified atom stereocenters. The van der Waals surface area contributed by atoms with E-state index in [1.165, 1.54) is 18.6 Å². The van der Waals surface area contributed by atoms with Gasteiger partial charge in [-0.05, 0) is 62.4 Å². The van der Waals surface area contributed by atoms with Crippen molar-refractivity contribution in [1.29, 1.82) is 0 Å². The van der Waals surface area contributed by atoms with E-state index in [1.807, 2.05) is 29.7 Å². The number of hydroxylamine groups is 1. The first-order valence-corrected chi connectivity index (χ1v) is 13.8. The van der Waals surface area contributed by atoms with Crippen molar-refractivity contribution in [3.63, 3.8) is 0 Å². The van der Waals surface area contributed by atoms with Crippen molar-refractivity contribution in [3.05, 3.63) is 71.3 Å². The fraction of sp³-hybridized carbons (Fsp3) is 0.393. The molecule has 42 heavy (non-hydrogen) atoms. The van der Waals surface area contributed by atoms with E-state index in [-0.39, 0.29) is 24.5 Å². The number of carbonyl (C=O) groups is 1. The van der Waals surface area contributed by atoms with Crippen LogP contribution >= 0.6 is 0 Å². The highest BCUT2D eigenvalue weighted by molar-refractivity contribution is 5.86. The van der Waals surface area contributed by atoms with Gasteiger partial charge in [-0.1, -0.05) is 24.6 Å². The average Bonchev–Trinajstić information content (AvgIpc) is 3.51. The molecule has 0 bridgehead atoms. The Morgan fingerprint density at radius 1 is 1.07 bits per heavy atom. The zero-order valence-corrected chi connectivity index (χ0v) is 22.9. The van der Waals surface area contributed by atoms with Crippen molar-refractivity contribution in [2.24, 2.45) is 5.92 Å². The molecule has 2 aliphatic rings. The van der Waals surface area contributed by atoms with Crippen LogP contribution in [0.4, 0.5) is 29.7 Å². The summed E-state index contributed by atoms with van der Waals surface area (Å²) in [5.41, 5.74) is 4.19. The average molecular weight is 582 g/mol. The highest BCUT2D eigenvalue weighted by Gasteiger charge is 2.32. The Labute approximate surface area is 239 Å². The molecule has 0 spiro atoms. The van der Waals surface area contributed by atoms with Gasteiger partial charge in [-0.25, -0.2) is 14.8 Å². The smallest absolute Gasteiger partial charge is 0.365 e. The second-order valence-corrected chi connectivity index (χ2v) is 10.6. The maximum Gasteiger partial charge on any atom is 0.427 e. The number of nitrogens with one attached hydrogen (secondary N) is 4. The summed E-state index contributed by atoms with van der Waals surface area (Å²) in [5.74, 6) is 1.66. The van der Waals surface area contributed by atoms with Crippen LogP contribution in [-0.2, 0) is 17.6 Å². The number of hydrogen-bond donors (Lipinski definition) is 4. The number of halogens is 3. The molecule has 1 saturated heterocycles. The molecule has 1 amide bonds. The third-order valence-corrected chi connectivity index (χ3v) is 7.73. The molecule has 4 N–H and O–H groups in total. The van der Waals surface area contributed by atoms with E-state index >= 15 is 0 Å². The van der Waals surface area contributed by atoms with Gasteiger partial charge in [0.15, 0.2) is 23.5 Å². The third kappa shape index (κ3) is 5.66. The summed E-state index contributed by atoms with van der Waals surface area (Å²) in [6, 6.07) is 10.5. The van der Waals surface area contributed by atoms with Crippen LogP contribution in [0.25, 0.3) is 11.2 Å². The Balaban J connectivity index is 1.45. The van der Waals surface area contributed by atoms with E-state index in [4.69, 9.17) is 14.8 Å². The van der Waals surface area contributed by atoms with Gasteiger partial charge < -0.3 is 20.0 Å². The molecule has 1 aliphatic carbocycles. The molecule has 2 fully saturated rings. The van der Waals surface area contributed by atoms with Gasteiger partial charge >= 0.3 is 12.3 Å². The number of aromatic nitrogens is 5. The fourth-order valence-corrected chi connectivity index (χ4v) is 5.11. The second kappa shape index (κ2) is 11.1. The molecule has 0 radical (unpaired) electrons. The molecular formula is C28H30F3N9O2. The number of anilines is 2. The topological polar surface area (TPSA) is 131 Å². The van der Waals surface area contributed by atoms with Crippen LogP contribution in [0.5, 0.6) is 0 Å². The molecular weight excluding hydrogens is 551 g/mol. The Kier molecular flexibility index (Phi) is 7.31. The summed E-state index contributed by atoms with van der Waals surface area (Å²) in [6.45, 7) is 4.23. The number of alkyl halides is 3.